The number of aromatic carboxylic acids is 1. The van der Waals surface area contributed by atoms with E-state index >= 15 is 0 Å². The van der Waals surface area contributed by atoms with Crippen LogP contribution < -0.4 is 4.74 Å². The van der Waals surface area contributed by atoms with Gasteiger partial charge in [-0.3, -0.25) is 15.1 Å². The molecule has 0 saturated carbocycles. The third kappa shape index (κ3) is 2.67. The Bertz CT molecular complexity index is 689. The molecular weight excluding hydrogens is 288 g/mol. The Morgan fingerprint density at radius 1 is 1.40 bits per heavy atom. The maximum absolute atomic E-state index is 11.0. The minimum atomic E-state index is -1.24. The number of para-hydroxylation sites is 1. The number of hydrogen-bond acceptors (Lipinski definition) is 5. The molecule has 0 saturated heterocycles. The second-order valence-corrected chi connectivity index (χ2v) is 4.03. The van der Waals surface area contributed by atoms with Crippen molar-refractivity contribution in [2.24, 2.45) is 0 Å². The molecule has 0 aliphatic rings. The fraction of sp³-hybridized carbons (Fsp3) is 0. The molecule has 1 heterocycles. The van der Waals surface area contributed by atoms with Crippen molar-refractivity contribution < 1.29 is 19.6 Å². The van der Waals surface area contributed by atoms with E-state index in [2.05, 4.69) is 4.98 Å². The highest BCUT2D eigenvalue weighted by Crippen LogP contribution is 2.38. The van der Waals surface area contributed by atoms with Gasteiger partial charge in [0.15, 0.2) is 5.75 Å². The number of ether oxygens (including phenoxy) is 1. The van der Waals surface area contributed by atoms with Gasteiger partial charge >= 0.3 is 11.7 Å². The second-order valence-electron chi connectivity index (χ2n) is 3.62. The average Bonchev–Trinajstić information content (AvgIpc) is 2.41. The van der Waals surface area contributed by atoms with E-state index in [9.17, 15) is 14.9 Å². The number of aromatic nitrogens is 1. The zero-order valence-electron chi connectivity index (χ0n) is 9.82. The van der Waals surface area contributed by atoms with E-state index < -0.39 is 10.9 Å². The molecule has 0 spiro atoms. The van der Waals surface area contributed by atoms with Gasteiger partial charge in [-0.2, -0.15) is 0 Å². The van der Waals surface area contributed by atoms with Gasteiger partial charge in [0.05, 0.1) is 16.1 Å². The molecule has 7 nitrogen and oxygen atoms in total. The Labute approximate surface area is 117 Å². The fourth-order valence-corrected chi connectivity index (χ4v) is 1.70. The summed E-state index contributed by atoms with van der Waals surface area (Å²) < 4.78 is 5.28. The highest BCUT2D eigenvalue weighted by atomic mass is 35.5. The van der Waals surface area contributed by atoms with Crippen molar-refractivity contribution in [1.82, 2.24) is 4.98 Å². The van der Waals surface area contributed by atoms with E-state index in [-0.39, 0.29) is 27.8 Å². The van der Waals surface area contributed by atoms with E-state index in [0.29, 0.717) is 0 Å². The predicted molar refractivity (Wildman–Crippen MR) is 69.4 cm³/mol. The summed E-state index contributed by atoms with van der Waals surface area (Å²) in [5.74, 6) is -1.59. The summed E-state index contributed by atoms with van der Waals surface area (Å²) >= 11 is 5.86. The normalized spacial score (nSPS) is 10.1. The standard InChI is InChI=1S/C12H7ClN2O5/c13-8-2-1-3-9(15(18)19)11(8)20-10-6-14-5-4-7(10)12(16)17/h1-6H,(H,16,17). The number of nitro benzene ring substituents is 1. The molecule has 0 atom stereocenters. The lowest BCUT2D eigenvalue weighted by molar-refractivity contribution is -0.385. The summed E-state index contributed by atoms with van der Waals surface area (Å²) in [6, 6.07) is 5.23. The maximum Gasteiger partial charge on any atom is 0.339 e. The monoisotopic (exact) mass is 294 g/mol. The lowest BCUT2D eigenvalue weighted by atomic mass is 10.2. The van der Waals surface area contributed by atoms with E-state index in [0.717, 1.165) is 6.20 Å². The van der Waals surface area contributed by atoms with Crippen LogP contribution in [0, 0.1) is 10.1 Å². The van der Waals surface area contributed by atoms with Gasteiger partial charge in [0.2, 0.25) is 5.75 Å². The lowest BCUT2D eigenvalue weighted by Gasteiger charge is -2.09. The first-order valence-electron chi connectivity index (χ1n) is 5.28. The molecule has 0 aliphatic heterocycles. The zero-order chi connectivity index (χ0) is 14.7. The highest BCUT2D eigenvalue weighted by Gasteiger charge is 2.21. The van der Waals surface area contributed by atoms with E-state index in [4.69, 9.17) is 21.4 Å². The van der Waals surface area contributed by atoms with Gasteiger partial charge in [0.25, 0.3) is 0 Å². The summed E-state index contributed by atoms with van der Waals surface area (Å²) in [5, 5.41) is 19.9. The van der Waals surface area contributed by atoms with Gasteiger partial charge in [0, 0.05) is 12.3 Å². The molecule has 8 heteroatoms. The second kappa shape index (κ2) is 5.54. The van der Waals surface area contributed by atoms with E-state index in [1.165, 1.54) is 30.5 Å². The Kier molecular flexibility index (Phi) is 3.81. The van der Waals surface area contributed by atoms with Crippen LogP contribution in [0.15, 0.2) is 36.7 Å². The molecule has 0 radical (unpaired) electrons. The van der Waals surface area contributed by atoms with Crippen LogP contribution in [0.25, 0.3) is 0 Å². The number of pyridine rings is 1. The van der Waals surface area contributed by atoms with Crippen LogP contribution in [-0.4, -0.2) is 21.0 Å². The maximum atomic E-state index is 11.0. The van der Waals surface area contributed by atoms with Crippen molar-refractivity contribution >= 4 is 23.3 Å². The number of hydrogen-bond donors (Lipinski definition) is 1. The van der Waals surface area contributed by atoms with Crippen molar-refractivity contribution in [3.63, 3.8) is 0 Å². The van der Waals surface area contributed by atoms with Crippen molar-refractivity contribution in [2.45, 2.75) is 0 Å². The number of nitro groups is 1. The minimum Gasteiger partial charge on any atom is -0.478 e. The molecule has 0 unspecified atom stereocenters. The molecular formula is C12H7ClN2O5. The third-order valence-corrected chi connectivity index (χ3v) is 2.67. The molecule has 20 heavy (non-hydrogen) atoms. The molecule has 2 rings (SSSR count). The number of carboxylic acid groups (broad SMARTS) is 1. The topological polar surface area (TPSA) is 103 Å². The molecule has 1 aromatic heterocycles. The van der Waals surface area contributed by atoms with E-state index in [1.54, 1.807) is 0 Å². The van der Waals surface area contributed by atoms with Crippen molar-refractivity contribution in [3.8, 4) is 11.5 Å². The Morgan fingerprint density at radius 3 is 2.80 bits per heavy atom. The van der Waals surface area contributed by atoms with Crippen LogP contribution in [0.1, 0.15) is 10.4 Å². The molecule has 2 aromatic rings. The fourth-order valence-electron chi connectivity index (χ4n) is 1.49. The quantitative estimate of drug-likeness (QED) is 0.686. The molecule has 0 bridgehead atoms. The number of rotatable bonds is 4. The van der Waals surface area contributed by atoms with Crippen LogP contribution in [-0.2, 0) is 0 Å². The molecule has 102 valence electrons. The summed E-state index contributed by atoms with van der Waals surface area (Å²) in [7, 11) is 0. The molecule has 1 aromatic carbocycles. The first-order chi connectivity index (χ1) is 9.50. The van der Waals surface area contributed by atoms with Crippen molar-refractivity contribution in [2.75, 3.05) is 0 Å². The Hall–Kier alpha value is -2.67. The number of carbonyl (C=O) groups is 1. The van der Waals surface area contributed by atoms with E-state index in [1.807, 2.05) is 0 Å². The van der Waals surface area contributed by atoms with Crippen molar-refractivity contribution in [1.29, 1.82) is 0 Å². The smallest absolute Gasteiger partial charge is 0.339 e. The van der Waals surface area contributed by atoms with Gasteiger partial charge in [-0.05, 0) is 12.1 Å². The first kappa shape index (κ1) is 13.8. The van der Waals surface area contributed by atoms with Crippen LogP contribution in [0.5, 0.6) is 11.5 Å². The van der Waals surface area contributed by atoms with Gasteiger partial charge in [-0.15, -0.1) is 0 Å². The van der Waals surface area contributed by atoms with Crippen LogP contribution >= 0.6 is 11.6 Å². The minimum absolute atomic E-state index is 0.000563. The SMILES string of the molecule is O=C(O)c1ccncc1Oc1c(Cl)cccc1[N+](=O)[O-]. The van der Waals surface area contributed by atoms with Gasteiger partial charge in [-0.1, -0.05) is 17.7 Å². The molecule has 0 aliphatic carbocycles. The number of benzene rings is 1. The largest absolute Gasteiger partial charge is 0.478 e. The van der Waals surface area contributed by atoms with Crippen LogP contribution in [0.2, 0.25) is 5.02 Å². The predicted octanol–water partition coefficient (Wildman–Crippen LogP) is 3.13. The molecule has 1 N–H and O–H groups in total. The van der Waals surface area contributed by atoms with Gasteiger partial charge in [0.1, 0.15) is 5.56 Å². The number of halogens is 1. The summed E-state index contributed by atoms with van der Waals surface area (Å²) in [6.45, 7) is 0. The first-order valence-corrected chi connectivity index (χ1v) is 5.66. The van der Waals surface area contributed by atoms with Crippen LogP contribution in [0.4, 0.5) is 5.69 Å². The summed E-state index contributed by atoms with van der Waals surface area (Å²) in [6.07, 6.45) is 2.42. The summed E-state index contributed by atoms with van der Waals surface area (Å²) in [4.78, 5) is 25.0. The molecule has 0 fully saturated rings. The molecule has 0 amide bonds. The number of nitrogens with zero attached hydrogens (tertiary/aromatic N) is 2. The summed E-state index contributed by atoms with van der Waals surface area (Å²) in [5.41, 5.74) is -0.535. The Balaban J connectivity index is 2.51. The van der Waals surface area contributed by atoms with Crippen molar-refractivity contribution in [3.05, 3.63) is 57.4 Å². The van der Waals surface area contributed by atoms with Gasteiger partial charge < -0.3 is 9.84 Å². The number of carboxylic acids is 1. The average molecular weight is 295 g/mol. The highest BCUT2D eigenvalue weighted by molar-refractivity contribution is 6.32. The van der Waals surface area contributed by atoms with Gasteiger partial charge in [-0.25, -0.2) is 4.79 Å². The lowest BCUT2D eigenvalue weighted by Crippen LogP contribution is -2.02. The van der Waals surface area contributed by atoms with Crippen LogP contribution in [0.3, 0.4) is 0 Å². The third-order valence-electron chi connectivity index (χ3n) is 2.37. The Morgan fingerprint density at radius 2 is 2.15 bits per heavy atom. The zero-order valence-corrected chi connectivity index (χ0v) is 10.6.